The maximum Gasteiger partial charge on any atom is 0.204 e. The molecule has 23 heavy (non-hydrogen) atoms. The number of para-hydroxylation sites is 2. The average molecular weight is 396 g/mol. The van der Waals surface area contributed by atoms with Crippen molar-refractivity contribution in [1.29, 1.82) is 0 Å². The molecule has 0 saturated heterocycles. The molecule has 5 nitrogen and oxygen atoms in total. The predicted octanol–water partition coefficient (Wildman–Crippen LogP) is 3.35. The van der Waals surface area contributed by atoms with Crippen LogP contribution in [0.2, 0.25) is 0 Å². The molecule has 0 amide bonds. The maximum absolute atomic E-state index is 12.4. The third kappa shape index (κ3) is 3.99. The summed E-state index contributed by atoms with van der Waals surface area (Å²) in [6.45, 7) is 0.997. The van der Waals surface area contributed by atoms with Crippen molar-refractivity contribution in [3.05, 3.63) is 46.7 Å². The van der Waals surface area contributed by atoms with Crippen LogP contribution < -0.4 is 5.32 Å². The molecule has 0 spiro atoms. The van der Waals surface area contributed by atoms with Crippen molar-refractivity contribution in [3.8, 4) is 0 Å². The minimum atomic E-state index is 0. The number of aliphatic hydroxyl groups excluding tert-OH is 1. The number of aromatic nitrogens is 2. The van der Waals surface area contributed by atoms with Gasteiger partial charge in [-0.15, -0.1) is 28.3 Å². The number of carbonyl (C=O) groups excluding carboxylic acids is 1. The fourth-order valence-corrected chi connectivity index (χ4v) is 2.97. The zero-order valence-electron chi connectivity index (χ0n) is 12.4. The quantitative estimate of drug-likeness (QED) is 0.475. The van der Waals surface area contributed by atoms with E-state index in [2.05, 4.69) is 10.3 Å². The summed E-state index contributed by atoms with van der Waals surface area (Å²) < 4.78 is 1.90. The largest absolute Gasteiger partial charge is 0.396 e. The van der Waals surface area contributed by atoms with Gasteiger partial charge in [0.05, 0.1) is 22.5 Å². The average Bonchev–Trinajstić information content (AvgIpc) is 3.16. The predicted molar refractivity (Wildman–Crippen MR) is 98.9 cm³/mol. The van der Waals surface area contributed by atoms with Crippen LogP contribution in [0.4, 0.5) is 5.95 Å². The number of halogens is 1. The number of hydrogen-bond acceptors (Lipinski definition) is 5. The summed E-state index contributed by atoms with van der Waals surface area (Å²) in [5, 5.41) is 14.0. The topological polar surface area (TPSA) is 67.2 Å². The molecule has 2 heterocycles. The summed E-state index contributed by atoms with van der Waals surface area (Å²) in [5.41, 5.74) is 1.78. The monoisotopic (exact) mass is 395 g/mol. The van der Waals surface area contributed by atoms with Crippen molar-refractivity contribution in [2.24, 2.45) is 0 Å². The number of anilines is 1. The molecule has 0 bridgehead atoms. The highest BCUT2D eigenvalue weighted by Crippen LogP contribution is 2.21. The fraction of sp³-hybridized carbons (Fsp3) is 0.250. The first-order valence-electron chi connectivity index (χ1n) is 7.16. The number of benzene rings is 1. The second kappa shape index (κ2) is 8.24. The number of ketones is 1. The molecule has 0 unspecified atom stereocenters. The van der Waals surface area contributed by atoms with Crippen LogP contribution in [-0.4, -0.2) is 33.6 Å². The molecule has 3 rings (SSSR count). The molecule has 7 heteroatoms. The number of thiophene rings is 1. The van der Waals surface area contributed by atoms with Crippen molar-refractivity contribution >= 4 is 51.1 Å². The summed E-state index contributed by atoms with van der Waals surface area (Å²) in [4.78, 5) is 17.7. The van der Waals surface area contributed by atoms with Gasteiger partial charge in [-0.3, -0.25) is 4.79 Å². The highest BCUT2D eigenvalue weighted by Gasteiger charge is 2.15. The Morgan fingerprint density at radius 1 is 1.26 bits per heavy atom. The van der Waals surface area contributed by atoms with Gasteiger partial charge in [-0.1, -0.05) is 18.2 Å². The van der Waals surface area contributed by atoms with Crippen molar-refractivity contribution in [2.75, 3.05) is 18.5 Å². The molecule has 122 valence electrons. The van der Waals surface area contributed by atoms with Crippen LogP contribution in [0.5, 0.6) is 0 Å². The van der Waals surface area contributed by atoms with Crippen LogP contribution in [0, 0.1) is 0 Å². The summed E-state index contributed by atoms with van der Waals surface area (Å²) in [6, 6.07) is 11.5. The molecule has 0 aliphatic rings. The fourth-order valence-electron chi connectivity index (χ4n) is 2.31. The first kappa shape index (κ1) is 17.7. The Balaban J connectivity index is 0.00000192. The second-order valence-corrected chi connectivity index (χ2v) is 5.86. The molecular weight excluding hydrogens is 378 g/mol. The molecule has 2 N–H and O–H groups in total. The number of Topliss-reactive ketones (excluding diaryl/α,β-unsaturated/α-hetero) is 1. The van der Waals surface area contributed by atoms with Crippen molar-refractivity contribution in [1.82, 2.24) is 9.55 Å². The number of nitrogens with one attached hydrogen (secondary N) is 1. The molecule has 0 fully saturated rings. The Bertz CT molecular complexity index is 771. The molecule has 0 atom stereocenters. The summed E-state index contributed by atoms with van der Waals surface area (Å²) in [6.07, 6.45) is 0.641. The van der Waals surface area contributed by atoms with Crippen molar-refractivity contribution in [2.45, 2.75) is 13.0 Å². The first-order chi connectivity index (χ1) is 10.8. The smallest absolute Gasteiger partial charge is 0.204 e. The van der Waals surface area contributed by atoms with Crippen molar-refractivity contribution < 1.29 is 9.90 Å². The third-order valence-corrected chi connectivity index (χ3v) is 4.28. The number of hydrogen-bond donors (Lipinski definition) is 2. The molecule has 0 saturated carbocycles. The minimum Gasteiger partial charge on any atom is -0.396 e. The van der Waals surface area contributed by atoms with E-state index in [-0.39, 0.29) is 35.9 Å². The molecule has 0 radical (unpaired) electrons. The molecule has 1 aromatic carbocycles. The van der Waals surface area contributed by atoms with E-state index in [1.807, 2.05) is 46.3 Å². The highest BCUT2D eigenvalue weighted by atomic mass is 79.9. The van der Waals surface area contributed by atoms with Crippen LogP contribution in [0.15, 0.2) is 41.8 Å². The minimum absolute atomic E-state index is 0. The van der Waals surface area contributed by atoms with E-state index in [1.54, 1.807) is 0 Å². The van der Waals surface area contributed by atoms with E-state index in [1.165, 1.54) is 11.3 Å². The summed E-state index contributed by atoms with van der Waals surface area (Å²) in [5.74, 6) is 0.739. The molecule has 0 aliphatic carbocycles. The molecule has 0 aliphatic heterocycles. The van der Waals surface area contributed by atoms with Gasteiger partial charge in [0, 0.05) is 13.2 Å². The lowest BCUT2D eigenvalue weighted by molar-refractivity contribution is 0.0978. The van der Waals surface area contributed by atoms with Gasteiger partial charge in [0.25, 0.3) is 0 Å². The number of fused-ring (bicyclic) bond motifs is 1. The van der Waals surface area contributed by atoms with Gasteiger partial charge in [0.2, 0.25) is 5.95 Å². The highest BCUT2D eigenvalue weighted by molar-refractivity contribution is 8.93. The summed E-state index contributed by atoms with van der Waals surface area (Å²) in [7, 11) is 0. The SMILES string of the molecule is Br.O=C(Cn1c(NCCCO)nc2ccccc21)c1cccs1. The molecule has 3 aromatic rings. The van der Waals surface area contributed by atoms with E-state index in [4.69, 9.17) is 5.11 Å². The van der Waals surface area contributed by atoms with Crippen molar-refractivity contribution in [3.63, 3.8) is 0 Å². The number of rotatable bonds is 7. The molecular formula is C16H18BrN3O2S. The van der Waals surface area contributed by atoms with E-state index in [0.29, 0.717) is 18.9 Å². The Morgan fingerprint density at radius 2 is 2.09 bits per heavy atom. The van der Waals surface area contributed by atoms with E-state index in [0.717, 1.165) is 15.9 Å². The van der Waals surface area contributed by atoms with Crippen LogP contribution >= 0.6 is 28.3 Å². The normalized spacial score (nSPS) is 10.5. The van der Waals surface area contributed by atoms with E-state index < -0.39 is 0 Å². The number of imidazole rings is 1. The standard InChI is InChI=1S/C16H17N3O2S.BrH/c20-9-4-8-17-16-18-12-5-1-2-6-13(12)19(16)11-14(21)15-7-3-10-22-15;/h1-3,5-7,10,20H,4,8-9,11H2,(H,17,18);1H. The van der Waals surface area contributed by atoms with Crippen LogP contribution in [-0.2, 0) is 6.54 Å². The van der Waals surface area contributed by atoms with Gasteiger partial charge in [-0.25, -0.2) is 4.98 Å². The Hall–Kier alpha value is -1.70. The van der Waals surface area contributed by atoms with Gasteiger partial charge in [0.1, 0.15) is 0 Å². The molecule has 2 aromatic heterocycles. The Kier molecular flexibility index (Phi) is 6.32. The zero-order chi connectivity index (χ0) is 15.4. The van der Waals surface area contributed by atoms with Gasteiger partial charge in [-0.2, -0.15) is 0 Å². The lowest BCUT2D eigenvalue weighted by Gasteiger charge is -2.09. The summed E-state index contributed by atoms with van der Waals surface area (Å²) >= 11 is 1.45. The van der Waals surface area contributed by atoms with Gasteiger partial charge in [-0.05, 0) is 30.0 Å². The van der Waals surface area contributed by atoms with Crippen LogP contribution in [0.25, 0.3) is 11.0 Å². The number of carbonyl (C=O) groups is 1. The van der Waals surface area contributed by atoms with E-state index in [9.17, 15) is 4.79 Å². The van der Waals surface area contributed by atoms with Gasteiger partial charge >= 0.3 is 0 Å². The third-order valence-electron chi connectivity index (χ3n) is 3.37. The Labute approximate surface area is 148 Å². The maximum atomic E-state index is 12.4. The van der Waals surface area contributed by atoms with E-state index >= 15 is 0 Å². The zero-order valence-corrected chi connectivity index (χ0v) is 15.0. The van der Waals surface area contributed by atoms with Gasteiger partial charge < -0.3 is 15.0 Å². The number of nitrogens with zero attached hydrogens (tertiary/aromatic N) is 2. The first-order valence-corrected chi connectivity index (χ1v) is 8.04. The van der Waals surface area contributed by atoms with Gasteiger partial charge in [0.15, 0.2) is 5.78 Å². The number of aliphatic hydroxyl groups is 1. The van der Waals surface area contributed by atoms with Crippen LogP contribution in [0.3, 0.4) is 0 Å². The Morgan fingerprint density at radius 3 is 2.83 bits per heavy atom. The second-order valence-electron chi connectivity index (χ2n) is 4.91. The van der Waals surface area contributed by atoms with Crippen LogP contribution in [0.1, 0.15) is 16.1 Å². The lowest BCUT2D eigenvalue weighted by Crippen LogP contribution is -2.14. The lowest BCUT2D eigenvalue weighted by atomic mass is 10.3.